The SMILES string of the molecule is CC(C)OC(=O)CNPOC[C@@H]1C[C@H](C)[C@H](n2ccc(=O)[nH]c2=O)O1. The quantitative estimate of drug-likeness (QED) is 0.388. The van der Waals surface area contributed by atoms with Gasteiger partial charge < -0.3 is 14.0 Å². The van der Waals surface area contributed by atoms with Gasteiger partial charge in [0.15, 0.2) is 0 Å². The average Bonchev–Trinajstić information content (AvgIpc) is 2.87. The summed E-state index contributed by atoms with van der Waals surface area (Å²) in [5, 5.41) is 2.86. The first-order chi connectivity index (χ1) is 11.9. The van der Waals surface area contributed by atoms with E-state index in [1.807, 2.05) is 6.92 Å². The first kappa shape index (κ1) is 19.8. The van der Waals surface area contributed by atoms with Crippen molar-refractivity contribution in [3.05, 3.63) is 33.1 Å². The fraction of sp³-hybridized carbons (Fsp3) is 0.667. The molecule has 1 aromatic rings. The van der Waals surface area contributed by atoms with Crippen LogP contribution >= 0.6 is 8.96 Å². The standard InChI is InChI=1S/C15H24N3O6P/c1-9(2)23-13(20)7-16-25-22-8-11-6-10(3)14(24-11)18-5-4-12(19)17-15(18)21/h4-5,9-11,14,16,25H,6-8H2,1-3H3,(H,17,19,21)/t10-,11-,14+/m0/s1. The van der Waals surface area contributed by atoms with Crippen LogP contribution in [0.15, 0.2) is 21.9 Å². The largest absolute Gasteiger partial charge is 0.462 e. The third-order valence-electron chi connectivity index (χ3n) is 3.59. The molecule has 1 fully saturated rings. The fourth-order valence-corrected chi connectivity index (χ4v) is 3.18. The van der Waals surface area contributed by atoms with Gasteiger partial charge in [-0.05, 0) is 20.3 Å². The molecular weight excluding hydrogens is 349 g/mol. The Morgan fingerprint density at radius 2 is 2.28 bits per heavy atom. The lowest BCUT2D eigenvalue weighted by atomic mass is 10.1. The third kappa shape index (κ3) is 6.04. The van der Waals surface area contributed by atoms with Crippen molar-refractivity contribution in [2.24, 2.45) is 5.92 Å². The molecule has 0 aliphatic carbocycles. The Morgan fingerprint density at radius 3 is 2.96 bits per heavy atom. The van der Waals surface area contributed by atoms with Crippen molar-refractivity contribution in [2.75, 3.05) is 13.2 Å². The van der Waals surface area contributed by atoms with Crippen molar-refractivity contribution in [3.8, 4) is 0 Å². The van der Waals surface area contributed by atoms with Crippen LogP contribution in [-0.4, -0.2) is 40.9 Å². The molecule has 1 aliphatic rings. The first-order valence-electron chi connectivity index (χ1n) is 8.13. The number of nitrogens with one attached hydrogen (secondary N) is 2. The number of carbonyl (C=O) groups excluding carboxylic acids is 1. The van der Waals surface area contributed by atoms with Crippen molar-refractivity contribution < 1.29 is 18.8 Å². The average molecular weight is 373 g/mol. The van der Waals surface area contributed by atoms with Crippen LogP contribution in [0, 0.1) is 5.92 Å². The Labute approximate surface area is 147 Å². The minimum atomic E-state index is -0.488. The summed E-state index contributed by atoms with van der Waals surface area (Å²) in [6.45, 7) is 6.00. The zero-order valence-electron chi connectivity index (χ0n) is 14.5. The minimum Gasteiger partial charge on any atom is -0.462 e. The maximum Gasteiger partial charge on any atom is 0.330 e. The molecule has 1 unspecified atom stereocenters. The summed E-state index contributed by atoms with van der Waals surface area (Å²) >= 11 is 0. The topological polar surface area (TPSA) is 112 Å². The van der Waals surface area contributed by atoms with Gasteiger partial charge in [-0.2, -0.15) is 0 Å². The molecule has 2 rings (SSSR count). The molecule has 1 aromatic heterocycles. The number of rotatable bonds is 8. The van der Waals surface area contributed by atoms with Crippen LogP contribution in [0.3, 0.4) is 0 Å². The second-order valence-corrected chi connectivity index (χ2v) is 7.03. The van der Waals surface area contributed by atoms with Crippen LogP contribution in [0.1, 0.15) is 33.4 Å². The lowest BCUT2D eigenvalue weighted by Gasteiger charge is -2.17. The van der Waals surface area contributed by atoms with Crippen LogP contribution in [0.25, 0.3) is 0 Å². The number of H-pyrrole nitrogens is 1. The fourth-order valence-electron chi connectivity index (χ4n) is 2.59. The number of carbonyl (C=O) groups is 1. The highest BCUT2D eigenvalue weighted by molar-refractivity contribution is 7.29. The van der Waals surface area contributed by atoms with Crippen molar-refractivity contribution >= 4 is 14.9 Å². The predicted molar refractivity (Wildman–Crippen MR) is 92.5 cm³/mol. The first-order valence-corrected chi connectivity index (χ1v) is 9.03. The van der Waals surface area contributed by atoms with Crippen molar-refractivity contribution in [2.45, 2.75) is 45.6 Å². The number of hydrogen-bond acceptors (Lipinski definition) is 7. The van der Waals surface area contributed by atoms with Crippen molar-refractivity contribution in [3.63, 3.8) is 0 Å². The molecular formula is C15H24N3O6P. The summed E-state index contributed by atoms with van der Waals surface area (Å²) in [7, 11) is -0.0519. The smallest absolute Gasteiger partial charge is 0.330 e. The second kappa shape index (κ2) is 9.24. The summed E-state index contributed by atoms with van der Waals surface area (Å²) < 4.78 is 17.7. The molecule has 25 heavy (non-hydrogen) atoms. The van der Waals surface area contributed by atoms with Crippen LogP contribution in [0.4, 0.5) is 0 Å². The molecule has 0 bridgehead atoms. The summed E-state index contributed by atoms with van der Waals surface area (Å²) in [6, 6.07) is 1.29. The van der Waals surface area contributed by atoms with E-state index in [0.29, 0.717) is 6.61 Å². The summed E-state index contributed by atoms with van der Waals surface area (Å²) in [5.41, 5.74) is -0.923. The zero-order valence-corrected chi connectivity index (χ0v) is 15.5. The molecule has 0 spiro atoms. The van der Waals surface area contributed by atoms with Gasteiger partial charge in [0.25, 0.3) is 5.56 Å². The van der Waals surface area contributed by atoms with Crippen molar-refractivity contribution in [1.29, 1.82) is 0 Å². The Kier molecular flexibility index (Phi) is 7.31. The molecule has 9 nitrogen and oxygen atoms in total. The van der Waals surface area contributed by atoms with E-state index in [-0.39, 0.29) is 39.6 Å². The van der Waals surface area contributed by atoms with Crippen molar-refractivity contribution in [1.82, 2.24) is 14.6 Å². The molecule has 1 saturated heterocycles. The summed E-state index contributed by atoms with van der Waals surface area (Å²) in [4.78, 5) is 36.6. The lowest BCUT2D eigenvalue weighted by Crippen LogP contribution is -2.33. The number of nitrogens with zero attached hydrogens (tertiary/aromatic N) is 1. The monoisotopic (exact) mass is 373 g/mol. The van der Waals surface area contributed by atoms with Crippen LogP contribution < -0.4 is 16.3 Å². The molecule has 10 heteroatoms. The molecule has 0 aromatic carbocycles. The number of hydrogen-bond donors (Lipinski definition) is 2. The van der Waals surface area contributed by atoms with Gasteiger partial charge >= 0.3 is 11.7 Å². The Balaban J connectivity index is 1.74. The number of ether oxygens (including phenoxy) is 2. The molecule has 1 aliphatic heterocycles. The second-order valence-electron chi connectivity index (χ2n) is 6.18. The minimum absolute atomic E-state index is 0.0519. The van der Waals surface area contributed by atoms with E-state index in [1.165, 1.54) is 16.8 Å². The predicted octanol–water partition coefficient (Wildman–Crippen LogP) is 0.526. The zero-order chi connectivity index (χ0) is 18.4. The number of aromatic nitrogens is 2. The Bertz CT molecular complexity index is 688. The van der Waals surface area contributed by atoms with Gasteiger partial charge in [0, 0.05) is 18.2 Å². The van der Waals surface area contributed by atoms with E-state index in [2.05, 4.69) is 10.1 Å². The highest BCUT2D eigenvalue weighted by Crippen LogP contribution is 2.33. The number of esters is 1. The normalized spacial score (nSPS) is 23.6. The molecule has 4 atom stereocenters. The van der Waals surface area contributed by atoms with Gasteiger partial charge in [-0.1, -0.05) is 6.92 Å². The highest BCUT2D eigenvalue weighted by Gasteiger charge is 2.34. The molecule has 0 radical (unpaired) electrons. The maximum atomic E-state index is 11.9. The van der Waals surface area contributed by atoms with Crippen LogP contribution in [-0.2, 0) is 18.8 Å². The molecule has 140 valence electrons. The number of aromatic amines is 1. The van der Waals surface area contributed by atoms with Gasteiger partial charge in [-0.3, -0.25) is 24.2 Å². The van der Waals surface area contributed by atoms with E-state index in [0.717, 1.165) is 6.42 Å². The van der Waals surface area contributed by atoms with E-state index in [9.17, 15) is 14.4 Å². The molecule has 0 saturated carbocycles. The third-order valence-corrected chi connectivity index (χ3v) is 4.22. The Hall–Kier alpha value is -1.54. The van der Waals surface area contributed by atoms with E-state index in [1.54, 1.807) is 13.8 Å². The van der Waals surface area contributed by atoms with E-state index in [4.69, 9.17) is 14.0 Å². The van der Waals surface area contributed by atoms with Gasteiger partial charge in [-0.15, -0.1) is 0 Å². The summed E-state index contributed by atoms with van der Waals surface area (Å²) in [6.07, 6.45) is 1.44. The lowest BCUT2D eigenvalue weighted by molar-refractivity contribution is -0.145. The van der Waals surface area contributed by atoms with Crippen LogP contribution in [0.2, 0.25) is 0 Å². The molecule has 2 heterocycles. The molecule has 2 N–H and O–H groups in total. The Morgan fingerprint density at radius 1 is 1.52 bits per heavy atom. The van der Waals surface area contributed by atoms with Gasteiger partial charge in [0.05, 0.1) is 34.3 Å². The van der Waals surface area contributed by atoms with Gasteiger partial charge in [0.2, 0.25) is 0 Å². The van der Waals surface area contributed by atoms with E-state index < -0.39 is 17.5 Å². The maximum absolute atomic E-state index is 11.9. The summed E-state index contributed by atoms with van der Waals surface area (Å²) in [5.74, 6) is -0.219. The molecule has 0 amide bonds. The van der Waals surface area contributed by atoms with Crippen LogP contribution in [0.5, 0.6) is 0 Å². The van der Waals surface area contributed by atoms with Gasteiger partial charge in [-0.25, -0.2) is 4.79 Å². The van der Waals surface area contributed by atoms with Gasteiger partial charge in [0.1, 0.15) is 6.23 Å². The highest BCUT2D eigenvalue weighted by atomic mass is 31.1. The van der Waals surface area contributed by atoms with E-state index >= 15 is 0 Å².